The number of hydrogen-bond acceptors (Lipinski definition) is 6. The number of hydrogen-bond donors (Lipinski definition) is 1. The van der Waals surface area contributed by atoms with Gasteiger partial charge in [0.2, 0.25) is 5.91 Å². The van der Waals surface area contributed by atoms with Crippen molar-refractivity contribution >= 4 is 28.7 Å². The summed E-state index contributed by atoms with van der Waals surface area (Å²) in [5, 5.41) is 3.23. The summed E-state index contributed by atoms with van der Waals surface area (Å²) < 4.78 is 2.40. The fourth-order valence-corrected chi connectivity index (χ4v) is 4.48. The lowest BCUT2D eigenvalue weighted by Crippen LogP contribution is -2.39. The van der Waals surface area contributed by atoms with Crippen LogP contribution in [0, 0.1) is 0 Å². The zero-order valence-electron chi connectivity index (χ0n) is 20.9. The molecule has 9 heteroatoms. The average molecular weight is 484 g/mol. The van der Waals surface area contributed by atoms with Crippen LogP contribution in [0.4, 0.5) is 0 Å². The number of aryl methyl sites for hydroxylation is 2. The average Bonchev–Trinajstić information content (AvgIpc) is 2.79. The third-order valence-electron chi connectivity index (χ3n) is 5.69. The first kappa shape index (κ1) is 25.7. The predicted molar refractivity (Wildman–Crippen MR) is 136 cm³/mol. The number of carbonyl (C=O) groups excluding carboxylic acids is 1. The summed E-state index contributed by atoms with van der Waals surface area (Å²) in [6, 6.07) is 10.2. The molecule has 1 amide bonds. The molecule has 8 nitrogen and oxygen atoms in total. The van der Waals surface area contributed by atoms with Crippen molar-refractivity contribution in [3.8, 4) is 0 Å². The summed E-state index contributed by atoms with van der Waals surface area (Å²) >= 11 is 1.21. The monoisotopic (exact) mass is 483 g/mol. The van der Waals surface area contributed by atoms with Gasteiger partial charge in [0, 0.05) is 25.6 Å². The Balaban J connectivity index is 1.87. The summed E-state index contributed by atoms with van der Waals surface area (Å²) in [5.74, 6) is 0.380. The SMILES string of the molecule is C[C@H](Sc1nc(C(C)(C)C)nc2c1c(=O)n(C)c(=O)n2C)C(=O)N[C@@H](C)CCc1ccccc1. The first-order valence-electron chi connectivity index (χ1n) is 11.4. The minimum absolute atomic E-state index is 0.00303. The third-order valence-corrected chi connectivity index (χ3v) is 6.78. The summed E-state index contributed by atoms with van der Waals surface area (Å²) in [5.41, 5.74) is 0.182. The van der Waals surface area contributed by atoms with E-state index in [1.807, 2.05) is 45.9 Å². The molecule has 0 saturated carbocycles. The number of carbonyl (C=O) groups is 1. The summed E-state index contributed by atoms with van der Waals surface area (Å²) in [7, 11) is 3.02. The maximum atomic E-state index is 13.0. The number of thioether (sulfide) groups is 1. The second kappa shape index (κ2) is 10.1. The van der Waals surface area contributed by atoms with Crippen LogP contribution in [-0.4, -0.2) is 36.3 Å². The molecular formula is C25H33N5O3S. The summed E-state index contributed by atoms with van der Waals surface area (Å²) in [4.78, 5) is 47.6. The van der Waals surface area contributed by atoms with E-state index in [0.717, 1.165) is 17.4 Å². The maximum Gasteiger partial charge on any atom is 0.332 e. The molecule has 1 aromatic carbocycles. The molecule has 2 aromatic heterocycles. The zero-order chi connectivity index (χ0) is 25.2. The Morgan fingerprint density at radius 3 is 2.32 bits per heavy atom. The minimum atomic E-state index is -0.493. The van der Waals surface area contributed by atoms with Gasteiger partial charge in [0.15, 0.2) is 5.65 Å². The van der Waals surface area contributed by atoms with Gasteiger partial charge in [-0.15, -0.1) is 0 Å². The van der Waals surface area contributed by atoms with Crippen molar-refractivity contribution < 1.29 is 4.79 Å². The second-order valence-corrected chi connectivity index (χ2v) is 11.0. The Bertz CT molecular complexity index is 1310. The Hall–Kier alpha value is -2.94. The van der Waals surface area contributed by atoms with Crippen LogP contribution < -0.4 is 16.6 Å². The molecule has 0 bridgehead atoms. The number of aromatic nitrogens is 4. The number of nitrogens with zero attached hydrogens (tertiary/aromatic N) is 4. The highest BCUT2D eigenvalue weighted by Gasteiger charge is 2.26. The fourth-order valence-electron chi connectivity index (χ4n) is 3.53. The lowest BCUT2D eigenvalue weighted by Gasteiger charge is -2.21. The van der Waals surface area contributed by atoms with Gasteiger partial charge < -0.3 is 5.32 Å². The van der Waals surface area contributed by atoms with Crippen molar-refractivity contribution in [1.82, 2.24) is 24.4 Å². The van der Waals surface area contributed by atoms with E-state index in [4.69, 9.17) is 0 Å². The van der Waals surface area contributed by atoms with Gasteiger partial charge in [-0.25, -0.2) is 14.8 Å². The molecule has 0 radical (unpaired) electrons. The van der Waals surface area contributed by atoms with Crippen LogP contribution in [0.1, 0.15) is 52.4 Å². The second-order valence-electron chi connectivity index (χ2n) is 9.70. The molecule has 0 aliphatic heterocycles. The van der Waals surface area contributed by atoms with Crippen molar-refractivity contribution in [3.05, 3.63) is 62.6 Å². The van der Waals surface area contributed by atoms with Crippen LogP contribution in [0.2, 0.25) is 0 Å². The lowest BCUT2D eigenvalue weighted by molar-refractivity contribution is -0.120. The molecule has 2 heterocycles. The topological polar surface area (TPSA) is 98.9 Å². The van der Waals surface area contributed by atoms with E-state index < -0.39 is 21.9 Å². The first-order chi connectivity index (χ1) is 15.9. The zero-order valence-corrected chi connectivity index (χ0v) is 21.7. The number of benzene rings is 1. The van der Waals surface area contributed by atoms with Crippen molar-refractivity contribution in [2.75, 3.05) is 0 Å². The molecule has 182 valence electrons. The normalized spacial score (nSPS) is 13.6. The van der Waals surface area contributed by atoms with Gasteiger partial charge in [0.05, 0.1) is 5.25 Å². The van der Waals surface area contributed by atoms with Crippen LogP contribution in [0.25, 0.3) is 11.0 Å². The van der Waals surface area contributed by atoms with E-state index in [0.29, 0.717) is 10.9 Å². The highest BCUT2D eigenvalue weighted by Crippen LogP contribution is 2.29. The fraction of sp³-hybridized carbons (Fsp3) is 0.480. The first-order valence-corrected chi connectivity index (χ1v) is 12.3. The van der Waals surface area contributed by atoms with E-state index in [1.54, 1.807) is 14.0 Å². The van der Waals surface area contributed by atoms with Crippen LogP contribution in [0.15, 0.2) is 44.9 Å². The molecule has 0 saturated heterocycles. The van der Waals surface area contributed by atoms with Gasteiger partial charge in [-0.05, 0) is 32.3 Å². The number of amides is 1. The van der Waals surface area contributed by atoms with Crippen molar-refractivity contribution in [1.29, 1.82) is 0 Å². The predicted octanol–water partition coefficient (Wildman–Crippen LogP) is 2.94. The van der Waals surface area contributed by atoms with Gasteiger partial charge in [0.25, 0.3) is 5.56 Å². The van der Waals surface area contributed by atoms with Gasteiger partial charge in [-0.3, -0.25) is 18.7 Å². The minimum Gasteiger partial charge on any atom is -0.353 e. The molecule has 3 aromatic rings. The van der Waals surface area contributed by atoms with E-state index >= 15 is 0 Å². The Morgan fingerprint density at radius 1 is 1.06 bits per heavy atom. The largest absolute Gasteiger partial charge is 0.353 e. The highest BCUT2D eigenvalue weighted by atomic mass is 32.2. The number of fused-ring (bicyclic) bond motifs is 1. The highest BCUT2D eigenvalue weighted by molar-refractivity contribution is 8.00. The molecule has 0 spiro atoms. The van der Waals surface area contributed by atoms with E-state index in [9.17, 15) is 14.4 Å². The number of nitrogens with one attached hydrogen (secondary N) is 1. The Morgan fingerprint density at radius 2 is 1.71 bits per heavy atom. The molecule has 1 N–H and O–H groups in total. The molecule has 0 aliphatic carbocycles. The summed E-state index contributed by atoms with van der Waals surface area (Å²) in [6.07, 6.45) is 1.69. The molecular weight excluding hydrogens is 450 g/mol. The van der Waals surface area contributed by atoms with Crippen molar-refractivity contribution in [2.45, 2.75) is 69.2 Å². The number of rotatable bonds is 7. The molecule has 0 fully saturated rings. The maximum absolute atomic E-state index is 13.0. The smallest absolute Gasteiger partial charge is 0.332 e. The Labute approximate surface area is 203 Å². The van der Waals surface area contributed by atoms with Gasteiger partial charge in [0.1, 0.15) is 16.2 Å². The van der Waals surface area contributed by atoms with Crippen LogP contribution in [0.5, 0.6) is 0 Å². The Kier molecular flexibility index (Phi) is 7.65. The van der Waals surface area contributed by atoms with Gasteiger partial charge >= 0.3 is 5.69 Å². The standard InChI is InChI=1S/C25H33N5O3S/c1-15(13-14-17-11-9-8-10-12-17)26-20(31)16(2)34-21-18-19(27-23(28-21)25(3,4)5)29(6)24(33)30(7)22(18)32/h8-12,15-16H,13-14H2,1-7H3,(H,26,31)/t15-,16-/m0/s1. The molecule has 34 heavy (non-hydrogen) atoms. The van der Waals surface area contributed by atoms with E-state index in [1.165, 1.54) is 28.9 Å². The van der Waals surface area contributed by atoms with E-state index in [2.05, 4.69) is 27.4 Å². The molecule has 0 aliphatic rings. The molecule has 0 unspecified atom stereocenters. The summed E-state index contributed by atoms with van der Waals surface area (Å²) in [6.45, 7) is 9.67. The lowest BCUT2D eigenvalue weighted by atomic mass is 9.96. The quantitative estimate of drug-likeness (QED) is 0.410. The molecule has 2 atom stereocenters. The van der Waals surface area contributed by atoms with Crippen LogP contribution in [-0.2, 0) is 30.7 Å². The van der Waals surface area contributed by atoms with Gasteiger partial charge in [-0.2, -0.15) is 0 Å². The molecule has 3 rings (SSSR count). The van der Waals surface area contributed by atoms with Crippen molar-refractivity contribution in [3.63, 3.8) is 0 Å². The van der Waals surface area contributed by atoms with Gasteiger partial charge in [-0.1, -0.05) is 62.9 Å². The van der Waals surface area contributed by atoms with Crippen molar-refractivity contribution in [2.24, 2.45) is 14.1 Å². The van der Waals surface area contributed by atoms with E-state index in [-0.39, 0.29) is 23.0 Å². The van der Waals surface area contributed by atoms with Crippen LogP contribution >= 0.6 is 11.8 Å². The third kappa shape index (κ3) is 5.58. The van der Waals surface area contributed by atoms with Crippen LogP contribution in [0.3, 0.4) is 0 Å².